The van der Waals surface area contributed by atoms with Gasteiger partial charge in [-0.3, -0.25) is 5.32 Å². The predicted octanol–water partition coefficient (Wildman–Crippen LogP) is 1.77. The Labute approximate surface area is 117 Å². The minimum absolute atomic E-state index is 0.356. The molecule has 2 aliphatic rings. The van der Waals surface area contributed by atoms with Crippen molar-refractivity contribution >= 4 is 0 Å². The second kappa shape index (κ2) is 6.69. The number of hydrogen-bond donors (Lipinski definition) is 1. The van der Waals surface area contributed by atoms with Crippen molar-refractivity contribution in [3.63, 3.8) is 0 Å². The van der Waals surface area contributed by atoms with Crippen molar-refractivity contribution in [3.05, 3.63) is 0 Å². The quantitative estimate of drug-likeness (QED) is 0.762. The molecule has 4 nitrogen and oxygen atoms in total. The van der Waals surface area contributed by atoms with Crippen molar-refractivity contribution in [3.8, 4) is 6.07 Å². The summed E-state index contributed by atoms with van der Waals surface area (Å²) < 4.78 is 5.39. The van der Waals surface area contributed by atoms with E-state index in [1.807, 2.05) is 6.92 Å². The first kappa shape index (κ1) is 14.8. The number of nitrogens with zero attached hydrogens (tertiary/aromatic N) is 2. The summed E-state index contributed by atoms with van der Waals surface area (Å²) in [6, 6.07) is 3.04. The second-order valence-electron chi connectivity index (χ2n) is 6.43. The lowest BCUT2D eigenvalue weighted by atomic mass is 9.97. The Morgan fingerprint density at radius 2 is 2.00 bits per heavy atom. The maximum absolute atomic E-state index is 9.35. The third-order valence-corrected chi connectivity index (χ3v) is 4.25. The summed E-state index contributed by atoms with van der Waals surface area (Å²) in [6.45, 7) is 5.98. The molecule has 2 rings (SSSR count). The van der Waals surface area contributed by atoms with E-state index in [2.05, 4.69) is 23.3 Å². The number of nitriles is 1. The van der Waals surface area contributed by atoms with Gasteiger partial charge in [-0.1, -0.05) is 0 Å². The van der Waals surface area contributed by atoms with Crippen LogP contribution in [0.25, 0.3) is 0 Å². The lowest BCUT2D eigenvalue weighted by molar-refractivity contribution is 0.0551. The van der Waals surface area contributed by atoms with E-state index in [4.69, 9.17) is 4.74 Å². The van der Waals surface area contributed by atoms with Gasteiger partial charge in [-0.2, -0.15) is 5.26 Å². The van der Waals surface area contributed by atoms with E-state index < -0.39 is 0 Å². The minimum atomic E-state index is -0.356. The molecule has 1 N–H and O–H groups in total. The van der Waals surface area contributed by atoms with E-state index in [1.165, 1.54) is 25.7 Å². The minimum Gasteiger partial charge on any atom is -0.381 e. The molecule has 19 heavy (non-hydrogen) atoms. The molecule has 1 atom stereocenters. The summed E-state index contributed by atoms with van der Waals surface area (Å²) in [5.41, 5.74) is -0.356. The van der Waals surface area contributed by atoms with E-state index in [-0.39, 0.29) is 5.54 Å². The largest absolute Gasteiger partial charge is 0.381 e. The van der Waals surface area contributed by atoms with Crippen LogP contribution in [0.15, 0.2) is 0 Å². The fraction of sp³-hybridized carbons (Fsp3) is 0.933. The normalized spacial score (nSPS) is 24.1. The number of ether oxygens (including phenoxy) is 1. The molecular weight excluding hydrogens is 238 g/mol. The van der Waals surface area contributed by atoms with E-state index in [0.717, 1.165) is 38.6 Å². The first-order valence-electron chi connectivity index (χ1n) is 7.56. The summed E-state index contributed by atoms with van der Waals surface area (Å²) in [5, 5.41) is 12.8. The van der Waals surface area contributed by atoms with Crippen LogP contribution in [0.2, 0.25) is 0 Å². The van der Waals surface area contributed by atoms with Crippen molar-refractivity contribution < 1.29 is 4.74 Å². The van der Waals surface area contributed by atoms with Crippen LogP contribution in [0.4, 0.5) is 0 Å². The molecule has 1 saturated carbocycles. The average Bonchev–Trinajstić information content (AvgIpc) is 3.21. The molecule has 0 spiro atoms. The molecule has 0 aromatic heterocycles. The van der Waals surface area contributed by atoms with Crippen LogP contribution < -0.4 is 5.32 Å². The monoisotopic (exact) mass is 265 g/mol. The Bertz CT molecular complexity index is 318. The highest BCUT2D eigenvalue weighted by atomic mass is 16.5. The lowest BCUT2D eigenvalue weighted by Crippen LogP contribution is -2.45. The van der Waals surface area contributed by atoms with Crippen LogP contribution in [0.3, 0.4) is 0 Å². The predicted molar refractivity (Wildman–Crippen MR) is 75.8 cm³/mol. The Morgan fingerprint density at radius 3 is 2.58 bits per heavy atom. The molecule has 1 heterocycles. The zero-order valence-corrected chi connectivity index (χ0v) is 12.3. The van der Waals surface area contributed by atoms with Gasteiger partial charge >= 0.3 is 0 Å². The summed E-state index contributed by atoms with van der Waals surface area (Å²) in [5.74, 6) is 0.767. The van der Waals surface area contributed by atoms with Gasteiger partial charge in [0.2, 0.25) is 0 Å². The van der Waals surface area contributed by atoms with Crippen LogP contribution in [0.1, 0.15) is 39.0 Å². The van der Waals surface area contributed by atoms with Crippen LogP contribution in [-0.2, 0) is 4.74 Å². The molecule has 1 saturated heterocycles. The third-order valence-electron chi connectivity index (χ3n) is 4.25. The van der Waals surface area contributed by atoms with Gasteiger partial charge in [0.25, 0.3) is 0 Å². The van der Waals surface area contributed by atoms with Crippen molar-refractivity contribution in [2.45, 2.75) is 50.6 Å². The highest BCUT2D eigenvalue weighted by molar-refractivity contribution is 5.07. The molecule has 4 heteroatoms. The molecule has 0 radical (unpaired) electrons. The topological polar surface area (TPSA) is 48.3 Å². The fourth-order valence-corrected chi connectivity index (χ4v) is 2.71. The molecule has 1 aliphatic carbocycles. The molecule has 0 bridgehead atoms. The fourth-order valence-electron chi connectivity index (χ4n) is 2.71. The summed E-state index contributed by atoms with van der Waals surface area (Å²) in [6.07, 6.45) is 5.73. The van der Waals surface area contributed by atoms with Crippen molar-refractivity contribution in [2.75, 3.05) is 33.4 Å². The van der Waals surface area contributed by atoms with Gasteiger partial charge in [0, 0.05) is 32.3 Å². The van der Waals surface area contributed by atoms with Gasteiger partial charge in [0.05, 0.1) is 6.07 Å². The Morgan fingerprint density at radius 1 is 1.32 bits per heavy atom. The molecule has 0 amide bonds. The van der Waals surface area contributed by atoms with Crippen molar-refractivity contribution in [2.24, 2.45) is 5.92 Å². The van der Waals surface area contributed by atoms with Crippen LogP contribution >= 0.6 is 0 Å². The molecule has 1 aliphatic heterocycles. The van der Waals surface area contributed by atoms with Crippen LogP contribution in [0, 0.1) is 17.2 Å². The summed E-state index contributed by atoms with van der Waals surface area (Å²) in [7, 11) is 2.17. The molecule has 108 valence electrons. The van der Waals surface area contributed by atoms with E-state index >= 15 is 0 Å². The zero-order chi connectivity index (χ0) is 13.7. The summed E-state index contributed by atoms with van der Waals surface area (Å²) >= 11 is 0. The zero-order valence-electron chi connectivity index (χ0n) is 12.3. The highest BCUT2D eigenvalue weighted by Crippen LogP contribution is 2.24. The highest BCUT2D eigenvalue weighted by Gasteiger charge is 2.32. The van der Waals surface area contributed by atoms with E-state index in [0.29, 0.717) is 6.04 Å². The molecule has 1 unspecified atom stereocenters. The van der Waals surface area contributed by atoms with Crippen LogP contribution in [0.5, 0.6) is 0 Å². The SMILES string of the molecule is CN(CCC(C)(C#N)NC1CC1)CC1CCOCC1. The average molecular weight is 265 g/mol. The lowest BCUT2D eigenvalue weighted by Gasteiger charge is -2.30. The van der Waals surface area contributed by atoms with Crippen molar-refractivity contribution in [1.29, 1.82) is 5.26 Å². The smallest absolute Gasteiger partial charge is 0.105 e. The summed E-state index contributed by atoms with van der Waals surface area (Å²) in [4.78, 5) is 2.38. The van der Waals surface area contributed by atoms with Crippen molar-refractivity contribution in [1.82, 2.24) is 10.2 Å². The van der Waals surface area contributed by atoms with Gasteiger partial charge in [-0.15, -0.1) is 0 Å². The first-order valence-corrected chi connectivity index (χ1v) is 7.56. The van der Waals surface area contributed by atoms with Crippen LogP contribution in [-0.4, -0.2) is 49.8 Å². The Hall–Kier alpha value is -0.630. The van der Waals surface area contributed by atoms with Gasteiger partial charge in [0.15, 0.2) is 0 Å². The number of rotatable bonds is 7. The van der Waals surface area contributed by atoms with E-state index in [1.54, 1.807) is 0 Å². The third kappa shape index (κ3) is 5.10. The van der Waals surface area contributed by atoms with Gasteiger partial charge in [-0.25, -0.2) is 0 Å². The molecular formula is C15H27N3O. The Balaban J connectivity index is 1.68. The van der Waals surface area contributed by atoms with Gasteiger partial charge < -0.3 is 9.64 Å². The standard InChI is InChI=1S/C15H27N3O/c1-15(12-16,17-14-3-4-14)7-8-18(2)11-13-5-9-19-10-6-13/h13-14,17H,3-11H2,1-2H3. The molecule has 0 aromatic carbocycles. The number of hydrogen-bond acceptors (Lipinski definition) is 4. The maximum atomic E-state index is 9.35. The van der Waals surface area contributed by atoms with Gasteiger partial charge in [0.1, 0.15) is 5.54 Å². The maximum Gasteiger partial charge on any atom is 0.105 e. The Kier molecular flexibility index (Phi) is 5.20. The first-order chi connectivity index (χ1) is 9.11. The second-order valence-corrected chi connectivity index (χ2v) is 6.43. The molecule has 2 fully saturated rings. The van der Waals surface area contributed by atoms with E-state index in [9.17, 15) is 5.26 Å². The number of nitrogens with one attached hydrogen (secondary N) is 1. The van der Waals surface area contributed by atoms with Gasteiger partial charge in [-0.05, 0) is 52.0 Å². The molecule has 0 aromatic rings.